The maximum atomic E-state index is 6.06. The molecule has 0 aliphatic heterocycles. The molecule has 0 bridgehead atoms. The molecule has 0 aliphatic carbocycles. The molecule has 0 fully saturated rings. The van der Waals surface area contributed by atoms with Crippen molar-refractivity contribution in [2.45, 2.75) is 6.54 Å². The molecule has 48 heavy (non-hydrogen) atoms. The van der Waals surface area contributed by atoms with Crippen LogP contribution < -0.4 is 5.73 Å². The van der Waals surface area contributed by atoms with Crippen LogP contribution in [0.3, 0.4) is 0 Å². The molecule has 228 valence electrons. The number of benzene rings is 7. The molecule has 0 amide bonds. The van der Waals surface area contributed by atoms with Crippen molar-refractivity contribution in [1.29, 1.82) is 0 Å². The van der Waals surface area contributed by atoms with Gasteiger partial charge in [0.2, 0.25) is 0 Å². The molecule has 9 aromatic rings. The molecular weight excluding hydrogens is 583 g/mol. The second kappa shape index (κ2) is 11.0. The normalized spacial score (nSPS) is 12.2. The minimum absolute atomic E-state index is 0.510. The summed E-state index contributed by atoms with van der Waals surface area (Å²) >= 11 is 0. The molecule has 0 saturated heterocycles. The monoisotopic (exact) mass is 615 g/mol. The van der Waals surface area contributed by atoms with E-state index < -0.39 is 0 Å². The quantitative estimate of drug-likeness (QED) is 0.147. The number of para-hydroxylation sites is 2. The highest BCUT2D eigenvalue weighted by atomic mass is 15.0. The van der Waals surface area contributed by atoms with Gasteiger partial charge in [-0.05, 0) is 86.8 Å². The average molecular weight is 616 g/mol. The van der Waals surface area contributed by atoms with Gasteiger partial charge in [0.1, 0.15) is 0 Å². The van der Waals surface area contributed by atoms with Crippen LogP contribution in [0.2, 0.25) is 0 Å². The van der Waals surface area contributed by atoms with Crippen LogP contribution >= 0.6 is 0 Å². The summed E-state index contributed by atoms with van der Waals surface area (Å²) in [6.07, 6.45) is 5.67. The molecule has 9 rings (SSSR count). The van der Waals surface area contributed by atoms with Gasteiger partial charge >= 0.3 is 0 Å². The number of hydrogen-bond donors (Lipinski definition) is 1. The first-order valence-electron chi connectivity index (χ1n) is 16.4. The predicted molar refractivity (Wildman–Crippen MR) is 206 cm³/mol. The Morgan fingerprint density at radius 3 is 1.90 bits per heavy atom. The highest BCUT2D eigenvalue weighted by Crippen LogP contribution is 2.43. The molecule has 3 heteroatoms. The fourth-order valence-corrected chi connectivity index (χ4v) is 7.75. The second-order valence-electron chi connectivity index (χ2n) is 12.4. The molecule has 0 atom stereocenters. The van der Waals surface area contributed by atoms with Crippen LogP contribution in [-0.4, -0.2) is 9.13 Å². The Labute approximate surface area is 278 Å². The number of hydrogen-bond acceptors (Lipinski definition) is 1. The Bertz CT molecular complexity index is 2790. The van der Waals surface area contributed by atoms with Crippen molar-refractivity contribution in [2.24, 2.45) is 5.73 Å². The van der Waals surface area contributed by atoms with E-state index in [0.29, 0.717) is 6.54 Å². The third kappa shape index (κ3) is 4.05. The van der Waals surface area contributed by atoms with Gasteiger partial charge < -0.3 is 14.9 Å². The lowest BCUT2D eigenvalue weighted by Crippen LogP contribution is -1.99. The van der Waals surface area contributed by atoms with Crippen LogP contribution in [0, 0.1) is 0 Å². The largest absolute Gasteiger partial charge is 0.326 e. The Morgan fingerprint density at radius 2 is 1.17 bits per heavy atom. The molecule has 0 saturated carbocycles. The fourth-order valence-electron chi connectivity index (χ4n) is 7.75. The lowest BCUT2D eigenvalue weighted by Gasteiger charge is -2.12. The molecule has 2 heterocycles. The summed E-state index contributed by atoms with van der Waals surface area (Å²) in [6, 6.07) is 48.6. The van der Waals surface area contributed by atoms with Crippen molar-refractivity contribution in [3.63, 3.8) is 0 Å². The standard InChI is InChI=1S/C45H33N3/c1-3-10-30(4-2)31-17-21-33(22-18-31)47-40-16-8-6-14-38(40)45-42(47)25-20-32-19-23-36-35(43(32)45)24-26-41-44(36)37-13-5-7-15-39(37)48(41)34-12-9-11-29(27-34)28-46/h3-27H,1-2,28,46H2/b30-10+. The van der Waals surface area contributed by atoms with E-state index in [-0.39, 0.29) is 0 Å². The molecule has 7 aromatic carbocycles. The van der Waals surface area contributed by atoms with Crippen LogP contribution in [0.4, 0.5) is 0 Å². The summed E-state index contributed by atoms with van der Waals surface area (Å²) in [5, 5.41) is 10.1. The van der Waals surface area contributed by atoms with E-state index >= 15 is 0 Å². The lowest BCUT2D eigenvalue weighted by molar-refractivity contribution is 1.06. The number of rotatable bonds is 6. The highest BCUT2D eigenvalue weighted by Gasteiger charge is 2.19. The van der Waals surface area contributed by atoms with Crippen LogP contribution in [0.1, 0.15) is 11.1 Å². The third-order valence-corrected chi connectivity index (χ3v) is 9.83. The Morgan fingerprint density at radius 1 is 0.542 bits per heavy atom. The zero-order valence-electron chi connectivity index (χ0n) is 26.5. The summed E-state index contributed by atoms with van der Waals surface area (Å²) < 4.78 is 4.78. The fraction of sp³-hybridized carbons (Fsp3) is 0.0222. The first kappa shape index (κ1) is 28.1. The van der Waals surface area contributed by atoms with E-state index in [0.717, 1.165) is 28.1 Å². The first-order chi connectivity index (χ1) is 23.7. The Kier molecular flexibility index (Phi) is 6.43. The number of aromatic nitrogens is 2. The number of fused-ring (bicyclic) bond motifs is 11. The van der Waals surface area contributed by atoms with Crippen molar-refractivity contribution in [1.82, 2.24) is 9.13 Å². The van der Waals surface area contributed by atoms with Gasteiger partial charge in [-0.2, -0.15) is 0 Å². The van der Waals surface area contributed by atoms with Crippen molar-refractivity contribution in [3.8, 4) is 11.4 Å². The maximum Gasteiger partial charge on any atom is 0.0547 e. The van der Waals surface area contributed by atoms with E-state index in [1.54, 1.807) is 6.08 Å². The molecule has 0 aliphatic rings. The average Bonchev–Trinajstić information content (AvgIpc) is 3.67. The zero-order chi connectivity index (χ0) is 32.4. The number of allylic oxidation sites excluding steroid dienone is 4. The van der Waals surface area contributed by atoms with Crippen LogP contribution in [-0.2, 0) is 6.54 Å². The van der Waals surface area contributed by atoms with Crippen LogP contribution in [0.5, 0.6) is 0 Å². The van der Waals surface area contributed by atoms with Crippen molar-refractivity contribution in [2.75, 3.05) is 0 Å². The molecule has 0 unspecified atom stereocenters. The van der Waals surface area contributed by atoms with E-state index in [1.807, 2.05) is 12.2 Å². The smallest absolute Gasteiger partial charge is 0.0547 e. The Balaban J connectivity index is 1.37. The molecule has 0 spiro atoms. The first-order valence-corrected chi connectivity index (χ1v) is 16.4. The second-order valence-corrected chi connectivity index (χ2v) is 12.4. The highest BCUT2D eigenvalue weighted by molar-refractivity contribution is 6.32. The van der Waals surface area contributed by atoms with Gasteiger partial charge in [-0.3, -0.25) is 0 Å². The van der Waals surface area contributed by atoms with Crippen molar-refractivity contribution in [3.05, 3.63) is 176 Å². The van der Waals surface area contributed by atoms with E-state index in [9.17, 15) is 0 Å². The van der Waals surface area contributed by atoms with Gasteiger partial charge in [-0.15, -0.1) is 0 Å². The predicted octanol–water partition coefficient (Wildman–Crippen LogP) is 11.4. The van der Waals surface area contributed by atoms with E-state index in [2.05, 4.69) is 156 Å². The summed E-state index contributed by atoms with van der Waals surface area (Å²) in [7, 11) is 0. The number of nitrogens with zero attached hydrogens (tertiary/aromatic N) is 2. The summed E-state index contributed by atoms with van der Waals surface area (Å²) in [5.41, 5.74) is 16.4. The van der Waals surface area contributed by atoms with Crippen LogP contribution in [0.25, 0.3) is 82.1 Å². The zero-order valence-corrected chi connectivity index (χ0v) is 26.5. The SMILES string of the molecule is C=C/C=C(\C=C)c1ccc(-n2c3ccccc3c3c4c(ccc5c4ccc4c5c5ccccc5n4-c4cccc(CN)c4)ccc32)cc1. The lowest BCUT2D eigenvalue weighted by atomic mass is 9.95. The van der Waals surface area contributed by atoms with E-state index in [1.165, 1.54) is 65.2 Å². The van der Waals surface area contributed by atoms with Gasteiger partial charge in [0, 0.05) is 39.5 Å². The maximum absolute atomic E-state index is 6.06. The van der Waals surface area contributed by atoms with Gasteiger partial charge in [0.05, 0.1) is 22.1 Å². The minimum Gasteiger partial charge on any atom is -0.326 e. The summed E-state index contributed by atoms with van der Waals surface area (Å²) in [4.78, 5) is 0. The molecule has 0 radical (unpaired) electrons. The van der Waals surface area contributed by atoms with Crippen molar-refractivity contribution >= 4 is 70.7 Å². The Hall–Kier alpha value is -6.16. The van der Waals surface area contributed by atoms with Crippen LogP contribution in [0.15, 0.2) is 165 Å². The molecular formula is C45H33N3. The van der Waals surface area contributed by atoms with Gasteiger partial charge in [-0.25, -0.2) is 0 Å². The number of nitrogens with two attached hydrogens (primary N) is 1. The molecule has 3 nitrogen and oxygen atoms in total. The topological polar surface area (TPSA) is 35.9 Å². The third-order valence-electron chi connectivity index (χ3n) is 9.83. The van der Waals surface area contributed by atoms with Crippen molar-refractivity contribution < 1.29 is 0 Å². The van der Waals surface area contributed by atoms with Gasteiger partial charge in [0.15, 0.2) is 0 Å². The van der Waals surface area contributed by atoms with Gasteiger partial charge in [0.25, 0.3) is 0 Å². The van der Waals surface area contributed by atoms with Gasteiger partial charge in [-0.1, -0.05) is 116 Å². The van der Waals surface area contributed by atoms with E-state index in [4.69, 9.17) is 5.73 Å². The minimum atomic E-state index is 0.510. The summed E-state index contributed by atoms with van der Waals surface area (Å²) in [5.74, 6) is 0. The summed E-state index contributed by atoms with van der Waals surface area (Å²) in [6.45, 7) is 8.37. The molecule has 2 aromatic heterocycles. The molecule has 2 N–H and O–H groups in total.